The van der Waals surface area contributed by atoms with Crippen molar-refractivity contribution in [2.24, 2.45) is 0 Å². The Morgan fingerprint density at radius 2 is 2.16 bits per heavy atom. The lowest BCUT2D eigenvalue weighted by Crippen LogP contribution is -2.52. The molecule has 0 radical (unpaired) electrons. The third-order valence-electron chi connectivity index (χ3n) is 4.28. The molecule has 0 aliphatic carbocycles. The summed E-state index contributed by atoms with van der Waals surface area (Å²) in [5.41, 5.74) is 1.72. The number of piperazine rings is 1. The molecule has 1 atom stereocenters. The van der Waals surface area contributed by atoms with Gasteiger partial charge in [0.2, 0.25) is 0 Å². The second-order valence-corrected chi connectivity index (χ2v) is 5.95. The van der Waals surface area contributed by atoms with Crippen LogP contribution in [-0.4, -0.2) is 47.9 Å². The van der Waals surface area contributed by atoms with Gasteiger partial charge in [-0.2, -0.15) is 0 Å². The van der Waals surface area contributed by atoms with Crippen molar-refractivity contribution in [2.45, 2.75) is 25.8 Å². The van der Waals surface area contributed by atoms with Gasteiger partial charge in [0.05, 0.1) is 0 Å². The number of aryl methyl sites for hydroxylation is 1. The van der Waals surface area contributed by atoms with Gasteiger partial charge in [-0.25, -0.2) is 0 Å². The van der Waals surface area contributed by atoms with E-state index in [-0.39, 0.29) is 5.91 Å². The zero-order valence-electron chi connectivity index (χ0n) is 11.2. The molecule has 0 spiro atoms. The molecule has 1 amide bonds. The van der Waals surface area contributed by atoms with Crippen molar-refractivity contribution in [1.29, 1.82) is 0 Å². The van der Waals surface area contributed by atoms with E-state index in [0.717, 1.165) is 35.8 Å². The van der Waals surface area contributed by atoms with Crippen LogP contribution >= 0.6 is 11.6 Å². The predicted molar refractivity (Wildman–Crippen MR) is 76.7 cm³/mol. The Kier molecular flexibility index (Phi) is 3.50. The second-order valence-electron chi connectivity index (χ2n) is 5.55. The van der Waals surface area contributed by atoms with Gasteiger partial charge in [-0.15, -0.1) is 0 Å². The third-order valence-corrected chi connectivity index (χ3v) is 4.70. The minimum Gasteiger partial charge on any atom is -0.336 e. The van der Waals surface area contributed by atoms with E-state index in [1.807, 2.05) is 30.0 Å². The van der Waals surface area contributed by atoms with E-state index in [1.54, 1.807) is 0 Å². The lowest BCUT2D eigenvalue weighted by Gasteiger charge is -2.37. The van der Waals surface area contributed by atoms with Crippen molar-refractivity contribution < 1.29 is 4.79 Å². The Morgan fingerprint density at radius 1 is 1.32 bits per heavy atom. The van der Waals surface area contributed by atoms with Crippen molar-refractivity contribution in [1.82, 2.24) is 9.80 Å². The van der Waals surface area contributed by atoms with Gasteiger partial charge in [0, 0.05) is 36.3 Å². The average Bonchev–Trinajstić information content (AvgIpc) is 2.88. The van der Waals surface area contributed by atoms with Crippen LogP contribution in [0.1, 0.15) is 28.8 Å². The van der Waals surface area contributed by atoms with Gasteiger partial charge >= 0.3 is 0 Å². The maximum Gasteiger partial charge on any atom is 0.253 e. The molecule has 0 aromatic heterocycles. The fraction of sp³-hybridized carbons (Fsp3) is 0.533. The maximum absolute atomic E-state index is 12.5. The van der Waals surface area contributed by atoms with E-state index in [9.17, 15) is 4.79 Å². The summed E-state index contributed by atoms with van der Waals surface area (Å²) in [5.74, 6) is 0.145. The summed E-state index contributed by atoms with van der Waals surface area (Å²) >= 11 is 6.01. The first kappa shape index (κ1) is 12.9. The molecule has 3 rings (SSSR count). The van der Waals surface area contributed by atoms with Crippen molar-refractivity contribution in [3.8, 4) is 0 Å². The highest BCUT2D eigenvalue weighted by Gasteiger charge is 2.32. The first-order valence-corrected chi connectivity index (χ1v) is 7.32. The quantitative estimate of drug-likeness (QED) is 0.788. The van der Waals surface area contributed by atoms with E-state index >= 15 is 0 Å². The normalized spacial score (nSPS) is 23.5. The Balaban J connectivity index is 1.74. The number of halogens is 1. The lowest BCUT2D eigenvalue weighted by molar-refractivity contribution is 0.0571. The number of nitrogens with zero attached hydrogens (tertiary/aromatic N) is 2. The van der Waals surface area contributed by atoms with Crippen LogP contribution in [-0.2, 0) is 0 Å². The number of hydrogen-bond donors (Lipinski definition) is 0. The van der Waals surface area contributed by atoms with Gasteiger partial charge in [0.1, 0.15) is 0 Å². The molecule has 0 N–H and O–H groups in total. The summed E-state index contributed by atoms with van der Waals surface area (Å²) in [6.07, 6.45) is 2.50. The molecule has 2 heterocycles. The van der Waals surface area contributed by atoms with Gasteiger partial charge in [0.15, 0.2) is 0 Å². The molecular formula is C15H19ClN2O. The number of fused-ring (bicyclic) bond motifs is 1. The number of carbonyl (C=O) groups excluding carboxylic acids is 1. The van der Waals surface area contributed by atoms with Crippen LogP contribution in [0.4, 0.5) is 0 Å². The van der Waals surface area contributed by atoms with Crippen LogP contribution in [0.25, 0.3) is 0 Å². The third kappa shape index (κ3) is 2.49. The average molecular weight is 279 g/mol. The van der Waals surface area contributed by atoms with Crippen LogP contribution in [0.3, 0.4) is 0 Å². The fourth-order valence-electron chi connectivity index (χ4n) is 3.14. The maximum atomic E-state index is 12.5. The van der Waals surface area contributed by atoms with Gasteiger partial charge in [-0.05, 0) is 50.1 Å². The number of amides is 1. The number of hydrogen-bond acceptors (Lipinski definition) is 2. The van der Waals surface area contributed by atoms with Gasteiger partial charge in [-0.1, -0.05) is 11.6 Å². The van der Waals surface area contributed by atoms with Crippen LogP contribution in [0, 0.1) is 6.92 Å². The Bertz CT molecular complexity index is 503. The van der Waals surface area contributed by atoms with Crippen LogP contribution in [0.2, 0.25) is 5.02 Å². The monoisotopic (exact) mass is 278 g/mol. The highest BCUT2D eigenvalue weighted by Crippen LogP contribution is 2.23. The molecular weight excluding hydrogens is 260 g/mol. The summed E-state index contributed by atoms with van der Waals surface area (Å²) < 4.78 is 0. The predicted octanol–water partition coefficient (Wildman–Crippen LogP) is 2.57. The Hall–Kier alpha value is -1.06. The lowest BCUT2D eigenvalue weighted by atomic mass is 10.1. The van der Waals surface area contributed by atoms with Crippen molar-refractivity contribution in [3.05, 3.63) is 34.3 Å². The molecule has 3 nitrogen and oxygen atoms in total. The smallest absolute Gasteiger partial charge is 0.253 e. The van der Waals surface area contributed by atoms with Gasteiger partial charge < -0.3 is 4.90 Å². The first-order valence-electron chi connectivity index (χ1n) is 6.94. The molecule has 2 fully saturated rings. The molecule has 0 saturated carbocycles. The Labute approximate surface area is 119 Å². The summed E-state index contributed by atoms with van der Waals surface area (Å²) in [4.78, 5) is 17.0. The van der Waals surface area contributed by atoms with Crippen LogP contribution in [0.15, 0.2) is 18.2 Å². The summed E-state index contributed by atoms with van der Waals surface area (Å²) in [6, 6.07) is 6.12. The molecule has 19 heavy (non-hydrogen) atoms. The molecule has 1 aromatic rings. The highest BCUT2D eigenvalue weighted by molar-refractivity contribution is 6.31. The summed E-state index contributed by atoms with van der Waals surface area (Å²) in [7, 11) is 0. The van der Waals surface area contributed by atoms with Crippen LogP contribution in [0.5, 0.6) is 0 Å². The SMILES string of the molecule is Cc1cc(C(=O)N2CCN3CCC[C@H]3C2)ccc1Cl. The minimum atomic E-state index is 0.145. The molecule has 0 unspecified atom stereocenters. The molecule has 2 aliphatic heterocycles. The van der Waals surface area contributed by atoms with Crippen LogP contribution < -0.4 is 0 Å². The van der Waals surface area contributed by atoms with E-state index in [0.29, 0.717) is 6.04 Å². The summed E-state index contributed by atoms with van der Waals surface area (Å²) in [5, 5.41) is 0.720. The fourth-order valence-corrected chi connectivity index (χ4v) is 3.25. The molecule has 1 aromatic carbocycles. The van der Waals surface area contributed by atoms with Gasteiger partial charge in [0.25, 0.3) is 5.91 Å². The second kappa shape index (κ2) is 5.14. The van der Waals surface area contributed by atoms with Crippen molar-refractivity contribution in [3.63, 3.8) is 0 Å². The molecule has 2 aliphatic rings. The van der Waals surface area contributed by atoms with E-state index in [4.69, 9.17) is 11.6 Å². The number of rotatable bonds is 1. The standard InChI is InChI=1S/C15H19ClN2O/c1-11-9-12(4-5-14(11)16)15(19)18-8-7-17-6-2-3-13(17)10-18/h4-5,9,13H,2-3,6-8,10H2,1H3/t13-/m0/s1. The zero-order chi connectivity index (χ0) is 13.4. The Morgan fingerprint density at radius 3 is 2.95 bits per heavy atom. The van der Waals surface area contributed by atoms with Gasteiger partial charge in [-0.3, -0.25) is 9.69 Å². The molecule has 4 heteroatoms. The topological polar surface area (TPSA) is 23.6 Å². The van der Waals surface area contributed by atoms with Crippen molar-refractivity contribution >= 4 is 17.5 Å². The molecule has 0 bridgehead atoms. The number of benzene rings is 1. The first-order chi connectivity index (χ1) is 9.15. The molecule has 102 valence electrons. The van der Waals surface area contributed by atoms with E-state index < -0.39 is 0 Å². The molecule has 2 saturated heterocycles. The number of carbonyl (C=O) groups is 1. The van der Waals surface area contributed by atoms with E-state index in [1.165, 1.54) is 19.4 Å². The van der Waals surface area contributed by atoms with E-state index in [2.05, 4.69) is 4.90 Å². The summed E-state index contributed by atoms with van der Waals surface area (Å²) in [6.45, 7) is 5.88. The largest absolute Gasteiger partial charge is 0.336 e. The van der Waals surface area contributed by atoms with Crippen molar-refractivity contribution in [2.75, 3.05) is 26.2 Å². The highest BCUT2D eigenvalue weighted by atomic mass is 35.5. The minimum absolute atomic E-state index is 0.145. The zero-order valence-corrected chi connectivity index (χ0v) is 12.0.